The van der Waals surface area contributed by atoms with Gasteiger partial charge in [0.25, 0.3) is 0 Å². The summed E-state index contributed by atoms with van der Waals surface area (Å²) in [5.74, 6) is 2.98. The van der Waals surface area contributed by atoms with Gasteiger partial charge in [-0.25, -0.2) is 19.9 Å². The van der Waals surface area contributed by atoms with Gasteiger partial charge in [-0.05, 0) is 30.7 Å². The van der Waals surface area contributed by atoms with Crippen molar-refractivity contribution in [3.8, 4) is 0 Å². The summed E-state index contributed by atoms with van der Waals surface area (Å²) in [6.45, 7) is 5.67. The lowest BCUT2D eigenvalue weighted by molar-refractivity contribution is 0.584. The average molecular weight is 446 g/mol. The zero-order valence-corrected chi connectivity index (χ0v) is 18.4. The van der Waals surface area contributed by atoms with Gasteiger partial charge in [0.05, 0.1) is 28.3 Å². The van der Waals surface area contributed by atoms with Crippen LogP contribution in [0, 0.1) is 6.92 Å². The van der Waals surface area contributed by atoms with Gasteiger partial charge in [-0.1, -0.05) is 23.5 Å². The SMILES string of the molecule is Cc1nc(Nc2cnc(/C=C/c3ccc4nc(N)sc4c3)cn2)cc(N2CCNCC2)n1. The molecule has 0 aliphatic carbocycles. The molecular weight excluding hydrogens is 422 g/mol. The number of hydrogen-bond donors (Lipinski definition) is 3. The third kappa shape index (κ3) is 4.66. The number of nitrogens with zero attached hydrogens (tertiary/aromatic N) is 6. The summed E-state index contributed by atoms with van der Waals surface area (Å²) < 4.78 is 1.07. The molecule has 0 unspecified atom stereocenters. The molecule has 0 radical (unpaired) electrons. The molecule has 0 spiro atoms. The van der Waals surface area contributed by atoms with E-state index in [1.54, 1.807) is 12.4 Å². The Morgan fingerprint density at radius 2 is 1.91 bits per heavy atom. The number of benzene rings is 1. The van der Waals surface area contributed by atoms with Crippen LogP contribution in [0.15, 0.2) is 36.7 Å². The minimum absolute atomic E-state index is 0.578. The number of thiazole rings is 1. The predicted octanol–water partition coefficient (Wildman–Crippen LogP) is 3.09. The van der Waals surface area contributed by atoms with E-state index in [0.717, 1.165) is 59.3 Å². The quantitative estimate of drug-likeness (QED) is 0.426. The zero-order valence-electron chi connectivity index (χ0n) is 17.6. The molecule has 5 rings (SSSR count). The van der Waals surface area contributed by atoms with Gasteiger partial charge < -0.3 is 21.3 Å². The van der Waals surface area contributed by atoms with Gasteiger partial charge in [0, 0.05) is 32.2 Å². The summed E-state index contributed by atoms with van der Waals surface area (Å²) in [5.41, 5.74) is 8.52. The first kappa shape index (κ1) is 20.3. The molecule has 1 saturated heterocycles. The molecule has 0 bridgehead atoms. The Kier molecular flexibility index (Phi) is 5.61. The number of nitrogen functional groups attached to an aromatic ring is 1. The van der Waals surface area contributed by atoms with Crippen LogP contribution in [0.4, 0.5) is 22.6 Å². The fourth-order valence-electron chi connectivity index (χ4n) is 3.54. The lowest BCUT2D eigenvalue weighted by Gasteiger charge is -2.28. The number of fused-ring (bicyclic) bond motifs is 1. The highest BCUT2D eigenvalue weighted by Crippen LogP contribution is 2.25. The fourth-order valence-corrected chi connectivity index (χ4v) is 4.32. The van der Waals surface area contributed by atoms with Crippen LogP contribution >= 0.6 is 11.3 Å². The minimum atomic E-state index is 0.578. The molecule has 4 heterocycles. The molecule has 9 nitrogen and oxygen atoms in total. The van der Waals surface area contributed by atoms with Gasteiger partial charge in [-0.2, -0.15) is 0 Å². The topological polar surface area (TPSA) is 118 Å². The Labute approximate surface area is 189 Å². The van der Waals surface area contributed by atoms with E-state index in [9.17, 15) is 0 Å². The Bertz CT molecular complexity index is 1260. The molecule has 0 saturated carbocycles. The summed E-state index contributed by atoms with van der Waals surface area (Å²) in [7, 11) is 0. The maximum absolute atomic E-state index is 5.78. The number of nitrogens with one attached hydrogen (secondary N) is 2. The van der Waals surface area contributed by atoms with Crippen LogP contribution in [0.1, 0.15) is 17.1 Å². The van der Waals surface area contributed by atoms with E-state index < -0.39 is 0 Å². The van der Waals surface area contributed by atoms with Crippen molar-refractivity contribution >= 4 is 56.3 Å². The van der Waals surface area contributed by atoms with E-state index >= 15 is 0 Å². The van der Waals surface area contributed by atoms with E-state index in [2.05, 4.69) is 46.5 Å². The van der Waals surface area contributed by atoms with Gasteiger partial charge >= 0.3 is 0 Å². The van der Waals surface area contributed by atoms with Crippen LogP contribution in [0.25, 0.3) is 22.4 Å². The van der Waals surface area contributed by atoms with Crippen LogP contribution < -0.4 is 21.3 Å². The number of anilines is 4. The van der Waals surface area contributed by atoms with Crippen molar-refractivity contribution in [2.24, 2.45) is 0 Å². The number of nitrogens with two attached hydrogens (primary N) is 1. The van der Waals surface area contributed by atoms with Gasteiger partial charge in [0.15, 0.2) is 5.13 Å². The van der Waals surface area contributed by atoms with E-state index in [0.29, 0.717) is 16.8 Å². The molecular formula is C22H23N9S. The van der Waals surface area contributed by atoms with Crippen LogP contribution in [0.3, 0.4) is 0 Å². The highest BCUT2D eigenvalue weighted by molar-refractivity contribution is 7.22. The van der Waals surface area contributed by atoms with E-state index in [1.165, 1.54) is 11.3 Å². The standard InChI is InChI=1S/C22H23N9S/c1-14-27-19(11-21(28-14)31-8-6-24-7-9-31)30-20-13-25-16(12-26-20)4-2-15-3-5-17-18(10-15)32-22(23)29-17/h2-5,10-13,24H,6-9H2,1H3,(H2,23,29)(H,26,27,28,30)/b4-2+. The van der Waals surface area contributed by atoms with E-state index in [4.69, 9.17) is 5.73 Å². The molecule has 4 N–H and O–H groups in total. The number of piperazine rings is 1. The van der Waals surface area contributed by atoms with E-state index in [1.807, 2.05) is 37.3 Å². The maximum atomic E-state index is 5.78. The summed E-state index contributed by atoms with van der Waals surface area (Å²) in [4.78, 5) is 24.6. The van der Waals surface area contributed by atoms with Crippen LogP contribution in [0.5, 0.6) is 0 Å². The molecule has 32 heavy (non-hydrogen) atoms. The van der Waals surface area contributed by atoms with Crippen molar-refractivity contribution in [3.05, 3.63) is 53.7 Å². The van der Waals surface area contributed by atoms with Gasteiger partial charge in [0.1, 0.15) is 23.3 Å². The first-order valence-electron chi connectivity index (χ1n) is 10.4. The molecule has 3 aromatic heterocycles. The normalized spacial score (nSPS) is 14.3. The Balaban J connectivity index is 1.28. The summed E-state index contributed by atoms with van der Waals surface area (Å²) >= 11 is 1.48. The van der Waals surface area contributed by atoms with Crippen LogP contribution in [0.2, 0.25) is 0 Å². The summed E-state index contributed by atoms with van der Waals surface area (Å²) in [5, 5.41) is 7.17. The molecule has 1 aliphatic heterocycles. The fraction of sp³-hybridized carbons (Fsp3) is 0.227. The average Bonchev–Trinajstić information content (AvgIpc) is 3.18. The number of aromatic nitrogens is 5. The number of aryl methyl sites for hydroxylation is 1. The van der Waals surface area contributed by atoms with Gasteiger partial charge in [-0.3, -0.25) is 4.98 Å². The van der Waals surface area contributed by atoms with Crippen LogP contribution in [-0.2, 0) is 0 Å². The van der Waals surface area contributed by atoms with Crippen molar-refractivity contribution < 1.29 is 0 Å². The number of rotatable bonds is 5. The summed E-state index contributed by atoms with van der Waals surface area (Å²) in [6, 6.07) is 8.00. The molecule has 10 heteroatoms. The van der Waals surface area contributed by atoms with Crippen LogP contribution in [-0.4, -0.2) is 51.1 Å². The zero-order chi connectivity index (χ0) is 21.9. The lowest BCUT2D eigenvalue weighted by Crippen LogP contribution is -2.44. The van der Waals surface area contributed by atoms with Gasteiger partial charge in [0.2, 0.25) is 0 Å². The van der Waals surface area contributed by atoms with Crippen molar-refractivity contribution in [1.82, 2.24) is 30.2 Å². The Morgan fingerprint density at radius 3 is 2.72 bits per heavy atom. The second-order valence-electron chi connectivity index (χ2n) is 7.46. The summed E-state index contributed by atoms with van der Waals surface area (Å²) in [6.07, 6.45) is 7.36. The Hall–Kier alpha value is -3.63. The third-order valence-corrected chi connectivity index (χ3v) is 5.92. The minimum Gasteiger partial charge on any atom is -0.375 e. The molecule has 1 aliphatic rings. The lowest BCUT2D eigenvalue weighted by atomic mass is 10.2. The molecule has 0 atom stereocenters. The monoisotopic (exact) mass is 445 g/mol. The first-order chi connectivity index (χ1) is 15.6. The molecule has 4 aromatic rings. The third-order valence-electron chi connectivity index (χ3n) is 5.07. The Morgan fingerprint density at radius 1 is 1.03 bits per heavy atom. The highest BCUT2D eigenvalue weighted by atomic mass is 32.1. The predicted molar refractivity (Wildman–Crippen MR) is 130 cm³/mol. The van der Waals surface area contributed by atoms with Crippen molar-refractivity contribution in [2.75, 3.05) is 42.1 Å². The van der Waals surface area contributed by atoms with Gasteiger partial charge in [-0.15, -0.1) is 0 Å². The van der Waals surface area contributed by atoms with Crippen molar-refractivity contribution in [3.63, 3.8) is 0 Å². The second-order valence-corrected chi connectivity index (χ2v) is 8.52. The smallest absolute Gasteiger partial charge is 0.181 e. The highest BCUT2D eigenvalue weighted by Gasteiger charge is 2.13. The van der Waals surface area contributed by atoms with Crippen molar-refractivity contribution in [2.45, 2.75) is 6.92 Å². The maximum Gasteiger partial charge on any atom is 0.181 e. The largest absolute Gasteiger partial charge is 0.375 e. The number of hydrogen-bond acceptors (Lipinski definition) is 10. The molecule has 1 aromatic carbocycles. The second kappa shape index (κ2) is 8.85. The molecule has 162 valence electrons. The van der Waals surface area contributed by atoms with E-state index in [-0.39, 0.29) is 0 Å². The van der Waals surface area contributed by atoms with Crippen molar-refractivity contribution in [1.29, 1.82) is 0 Å². The molecule has 0 amide bonds. The molecule has 1 fully saturated rings. The first-order valence-corrected chi connectivity index (χ1v) is 11.2.